The van der Waals surface area contributed by atoms with E-state index in [1.165, 1.54) is 19.3 Å². The topological polar surface area (TPSA) is 17.1 Å². The molecule has 64 valence electrons. The summed E-state index contributed by atoms with van der Waals surface area (Å²) in [7, 11) is 0. The van der Waals surface area contributed by atoms with Crippen molar-refractivity contribution in [1.82, 2.24) is 0 Å². The second-order valence-electron chi connectivity index (χ2n) is 2.02. The summed E-state index contributed by atoms with van der Waals surface area (Å²) >= 11 is 0. The summed E-state index contributed by atoms with van der Waals surface area (Å²) in [5.74, 6) is 0. The van der Waals surface area contributed by atoms with E-state index in [4.69, 9.17) is 0 Å². The third-order valence-electron chi connectivity index (χ3n) is 1.18. The second kappa shape index (κ2) is 16.4. The summed E-state index contributed by atoms with van der Waals surface area (Å²) in [4.78, 5) is 9.77. The first kappa shape index (κ1) is 17.0. The van der Waals surface area contributed by atoms with Crippen molar-refractivity contribution >= 4 is 6.29 Å². The monoisotopic (exact) mass is 226 g/mol. The molecule has 0 N–H and O–H groups in total. The Bertz CT molecular complexity index is 57.6. The first-order valence-electron chi connectivity index (χ1n) is 3.35. The molecule has 0 radical (unpaired) electrons. The van der Waals surface area contributed by atoms with Gasteiger partial charge in [0, 0.05) is 40.6 Å². The van der Waals surface area contributed by atoms with Gasteiger partial charge in [-0.05, 0) is 6.42 Å². The van der Waals surface area contributed by atoms with Crippen LogP contribution in [0.2, 0.25) is 0 Å². The van der Waals surface area contributed by atoms with Gasteiger partial charge in [0.25, 0.3) is 0 Å². The van der Waals surface area contributed by atoms with Crippen LogP contribution in [0.4, 0.5) is 0 Å². The molecule has 10 heavy (non-hydrogen) atoms. The molecular weight excluding hydrogens is 212 g/mol. The van der Waals surface area contributed by atoms with Crippen LogP contribution in [0.5, 0.6) is 0 Å². The summed E-state index contributed by atoms with van der Waals surface area (Å²) in [5, 5.41) is 0. The van der Waals surface area contributed by atoms with Crippen LogP contribution in [-0.2, 0) is 38.9 Å². The second-order valence-corrected chi connectivity index (χ2v) is 2.02. The van der Waals surface area contributed by atoms with Crippen molar-refractivity contribution in [3.05, 3.63) is 0 Å². The number of rotatable bonds is 5. The van der Waals surface area contributed by atoms with Crippen LogP contribution in [0.3, 0.4) is 0 Å². The molecule has 0 bridgehead atoms. The van der Waals surface area contributed by atoms with Gasteiger partial charge >= 0.3 is 0 Å². The molecule has 0 spiro atoms. The average Bonchev–Trinajstić information content (AvgIpc) is 1.81. The minimum absolute atomic E-state index is 0. The van der Waals surface area contributed by atoms with Crippen molar-refractivity contribution in [3.63, 3.8) is 0 Å². The maximum absolute atomic E-state index is 9.77. The van der Waals surface area contributed by atoms with Crippen LogP contribution in [0.1, 0.15) is 39.0 Å². The average molecular weight is 226 g/mol. The normalized spacial score (nSPS) is 7.30. The maximum atomic E-state index is 9.77. The largest absolute Gasteiger partial charge is 0.303 e. The van der Waals surface area contributed by atoms with Gasteiger partial charge in [0.15, 0.2) is 0 Å². The van der Waals surface area contributed by atoms with Crippen LogP contribution >= 0.6 is 0 Å². The van der Waals surface area contributed by atoms with Crippen LogP contribution in [0.15, 0.2) is 0 Å². The molecule has 3 heteroatoms. The molecule has 0 rings (SSSR count). The summed E-state index contributed by atoms with van der Waals surface area (Å²) < 4.78 is 0. The standard InChI is InChI=1S/C7H14O.2Fe/c1-2-3-4-5-6-7-8;;/h7H,2-6H2,1H3;;. The zero-order valence-corrected chi connectivity index (χ0v) is 8.44. The van der Waals surface area contributed by atoms with Crippen LogP contribution in [0.25, 0.3) is 0 Å². The van der Waals surface area contributed by atoms with E-state index < -0.39 is 0 Å². The minimum atomic E-state index is 0. The fourth-order valence-electron chi connectivity index (χ4n) is 0.654. The van der Waals surface area contributed by atoms with Gasteiger partial charge in [-0.3, -0.25) is 0 Å². The van der Waals surface area contributed by atoms with Gasteiger partial charge in [-0.25, -0.2) is 0 Å². The number of hydrogen-bond donors (Lipinski definition) is 0. The summed E-state index contributed by atoms with van der Waals surface area (Å²) in [6, 6.07) is 0. The molecule has 0 fully saturated rings. The number of carbonyl (C=O) groups is 1. The Morgan fingerprint density at radius 1 is 1.10 bits per heavy atom. The van der Waals surface area contributed by atoms with Gasteiger partial charge in [-0.2, -0.15) is 0 Å². The third-order valence-corrected chi connectivity index (χ3v) is 1.18. The number of unbranched alkanes of at least 4 members (excludes halogenated alkanes) is 4. The number of carbonyl (C=O) groups excluding carboxylic acids is 1. The van der Waals surface area contributed by atoms with E-state index in [1.54, 1.807) is 0 Å². The number of hydrogen-bond acceptors (Lipinski definition) is 1. The fourth-order valence-corrected chi connectivity index (χ4v) is 0.654. The Balaban J connectivity index is -0.000000245. The zero-order valence-electron chi connectivity index (χ0n) is 6.23. The van der Waals surface area contributed by atoms with Gasteiger partial charge in [0.05, 0.1) is 0 Å². The van der Waals surface area contributed by atoms with E-state index in [9.17, 15) is 4.79 Å². The molecule has 0 aromatic rings. The molecule has 0 aliphatic heterocycles. The molecule has 0 aromatic heterocycles. The molecule has 0 atom stereocenters. The zero-order chi connectivity index (χ0) is 6.24. The van der Waals surface area contributed by atoms with Crippen LogP contribution in [0, 0.1) is 0 Å². The summed E-state index contributed by atoms with van der Waals surface area (Å²) in [6.07, 6.45) is 6.56. The van der Waals surface area contributed by atoms with Gasteiger partial charge in [-0.15, -0.1) is 0 Å². The SMILES string of the molecule is CCCCCCC=O.[Fe].[Fe]. The Labute approximate surface area is 84.3 Å². The summed E-state index contributed by atoms with van der Waals surface area (Å²) in [5.41, 5.74) is 0. The van der Waals surface area contributed by atoms with Crippen molar-refractivity contribution in [1.29, 1.82) is 0 Å². The minimum Gasteiger partial charge on any atom is -0.303 e. The third kappa shape index (κ3) is 15.9. The van der Waals surface area contributed by atoms with Crippen molar-refractivity contribution in [2.75, 3.05) is 0 Å². The molecule has 0 aromatic carbocycles. The molecule has 0 heterocycles. The van der Waals surface area contributed by atoms with Gasteiger partial charge in [0.2, 0.25) is 0 Å². The van der Waals surface area contributed by atoms with Gasteiger partial charge in [-0.1, -0.05) is 26.2 Å². The van der Waals surface area contributed by atoms with Crippen molar-refractivity contribution in [2.24, 2.45) is 0 Å². The van der Waals surface area contributed by atoms with Crippen molar-refractivity contribution in [3.8, 4) is 0 Å². The summed E-state index contributed by atoms with van der Waals surface area (Å²) in [6.45, 7) is 2.17. The van der Waals surface area contributed by atoms with Crippen LogP contribution in [-0.4, -0.2) is 6.29 Å². The van der Waals surface area contributed by atoms with E-state index >= 15 is 0 Å². The predicted octanol–water partition coefficient (Wildman–Crippen LogP) is 2.15. The molecular formula is C7H14Fe2O. The number of aldehydes is 1. The smallest absolute Gasteiger partial charge is 0.119 e. The fraction of sp³-hybridized carbons (Fsp3) is 0.857. The molecule has 0 amide bonds. The van der Waals surface area contributed by atoms with E-state index in [0.29, 0.717) is 0 Å². The van der Waals surface area contributed by atoms with Crippen molar-refractivity contribution < 1.29 is 38.9 Å². The quantitative estimate of drug-likeness (QED) is 0.398. The van der Waals surface area contributed by atoms with Gasteiger partial charge in [0.1, 0.15) is 6.29 Å². The predicted molar refractivity (Wildman–Crippen MR) is 34.8 cm³/mol. The first-order valence-corrected chi connectivity index (χ1v) is 3.35. The van der Waals surface area contributed by atoms with Gasteiger partial charge < -0.3 is 4.79 Å². The molecule has 0 saturated heterocycles. The van der Waals surface area contributed by atoms with E-state index in [-0.39, 0.29) is 34.1 Å². The van der Waals surface area contributed by atoms with E-state index in [0.717, 1.165) is 19.1 Å². The molecule has 1 nitrogen and oxygen atoms in total. The molecule has 0 saturated carbocycles. The van der Waals surface area contributed by atoms with E-state index in [2.05, 4.69) is 6.92 Å². The molecule has 0 aliphatic rings. The van der Waals surface area contributed by atoms with Crippen molar-refractivity contribution in [2.45, 2.75) is 39.0 Å². The maximum Gasteiger partial charge on any atom is 0.119 e. The molecule has 0 unspecified atom stereocenters. The Hall–Kier alpha value is 0.709. The van der Waals surface area contributed by atoms with Crippen LogP contribution < -0.4 is 0 Å². The Morgan fingerprint density at radius 2 is 1.70 bits per heavy atom. The Morgan fingerprint density at radius 3 is 2.10 bits per heavy atom. The first-order chi connectivity index (χ1) is 3.91. The van der Waals surface area contributed by atoms with E-state index in [1.807, 2.05) is 0 Å². The Kier molecular flexibility index (Phi) is 27.8. The molecule has 0 aliphatic carbocycles.